The van der Waals surface area contributed by atoms with Crippen molar-refractivity contribution in [1.82, 2.24) is 4.57 Å². The Labute approximate surface area is 406 Å². The molecular weight excluding hydrogens is 859 g/mol. The third kappa shape index (κ3) is 6.72. The van der Waals surface area contributed by atoms with Crippen molar-refractivity contribution in [2.45, 2.75) is 84.0 Å². The molecule has 0 radical (unpaired) electrons. The number of rotatable bonds is 6. The number of allylic oxidation sites excluding steroid dienone is 1. The largest absolute Gasteiger partial charge is 0.302 e. The van der Waals surface area contributed by atoms with Gasteiger partial charge in [0, 0.05) is 43.4 Å². The molecule has 7 aromatic carbocycles. The van der Waals surface area contributed by atoms with Crippen molar-refractivity contribution < 1.29 is 9.13 Å². The summed E-state index contributed by atoms with van der Waals surface area (Å²) in [6.45, 7) is 22.2. The van der Waals surface area contributed by atoms with E-state index in [4.69, 9.17) is 6.58 Å². The molecule has 10 aromatic rings. The van der Waals surface area contributed by atoms with Gasteiger partial charge in [-0.15, -0.1) is 11.3 Å². The van der Waals surface area contributed by atoms with Crippen molar-refractivity contribution in [2.75, 3.05) is 0 Å². The maximum absolute atomic E-state index is 5.33. The first-order chi connectivity index (χ1) is 33.0. The molecule has 0 saturated carbocycles. The molecule has 2 aliphatic rings. The van der Waals surface area contributed by atoms with Crippen molar-refractivity contribution >= 4 is 61.5 Å². The second-order valence-corrected chi connectivity index (χ2v) is 27.1. The molecule has 0 spiro atoms. The summed E-state index contributed by atoms with van der Waals surface area (Å²) in [5.74, 6) is 2.04. The maximum Gasteiger partial charge on any atom is 0.302 e. The third-order valence-electron chi connectivity index (χ3n) is 15.1. The summed E-state index contributed by atoms with van der Waals surface area (Å²) in [6, 6.07) is 62.0. The Bertz CT molecular complexity index is 3610. The lowest BCUT2D eigenvalue weighted by Gasteiger charge is -2.31. The summed E-state index contributed by atoms with van der Waals surface area (Å²) in [7, 11) is -1.69. The van der Waals surface area contributed by atoms with E-state index in [0.717, 1.165) is 18.5 Å². The fourth-order valence-electron chi connectivity index (χ4n) is 11.7. The third-order valence-corrected chi connectivity index (χ3v) is 18.4. The quantitative estimate of drug-likeness (QED) is 0.116. The smallest absolute Gasteiger partial charge is 0.187 e. The molecule has 2 unspecified atom stereocenters. The van der Waals surface area contributed by atoms with Crippen LogP contribution in [0.3, 0.4) is 0 Å². The van der Waals surface area contributed by atoms with E-state index < -0.39 is 8.07 Å². The number of hydrogen-bond acceptors (Lipinski definition) is 1. The first kappa shape index (κ1) is 42.7. The average Bonchev–Trinajstić information content (AvgIpc) is 3.91. The SMILES string of the molecule is C=C1C2C(CCc3ccc4c(sc5cc(-c6ccc(-c7ccccc7)cc6)ccc54)c3-c3n(-c4c(C(C)C)cccc4C(C)C)c4ccccc4[n+]31)c1ccccc1-c1ccc([Si](C)(C)C)c[n+]12. The molecule has 5 heterocycles. The summed E-state index contributed by atoms with van der Waals surface area (Å²) in [4.78, 5) is 0. The average molecular weight is 918 g/mol. The van der Waals surface area contributed by atoms with Gasteiger partial charge < -0.3 is 0 Å². The van der Waals surface area contributed by atoms with Crippen LogP contribution in [0.15, 0.2) is 177 Å². The van der Waals surface area contributed by atoms with Crippen LogP contribution in [0.1, 0.15) is 80.2 Å². The summed E-state index contributed by atoms with van der Waals surface area (Å²) in [5.41, 5.74) is 19.3. The first-order valence-electron chi connectivity index (χ1n) is 24.6. The van der Waals surface area contributed by atoms with E-state index in [1.807, 2.05) is 11.3 Å². The number of nitrogens with zero attached hydrogens (tertiary/aromatic N) is 3. The minimum absolute atomic E-state index is 0.00725. The van der Waals surface area contributed by atoms with Crippen LogP contribution >= 0.6 is 11.3 Å². The Balaban J connectivity index is 1.17. The minimum atomic E-state index is -1.69. The number of aryl methyl sites for hydroxylation is 1. The van der Waals surface area contributed by atoms with E-state index in [9.17, 15) is 0 Å². The van der Waals surface area contributed by atoms with Crippen molar-refractivity contribution in [2.24, 2.45) is 0 Å². The number of para-hydroxylation sites is 3. The lowest BCUT2D eigenvalue weighted by molar-refractivity contribution is -0.723. The summed E-state index contributed by atoms with van der Waals surface area (Å²) in [5, 5.41) is 4.09. The van der Waals surface area contributed by atoms with Crippen LogP contribution in [-0.2, 0) is 6.42 Å². The lowest BCUT2D eigenvalue weighted by atomic mass is 9.78. The monoisotopic (exact) mass is 917 g/mol. The molecule has 2 atom stereocenters. The molecule has 3 nitrogen and oxygen atoms in total. The predicted octanol–water partition coefficient (Wildman–Crippen LogP) is 15.8. The van der Waals surface area contributed by atoms with Crippen molar-refractivity contribution in [3.8, 4) is 50.6 Å². The van der Waals surface area contributed by atoms with Crippen LogP contribution in [0.2, 0.25) is 19.6 Å². The molecule has 0 bridgehead atoms. The molecule has 5 heteroatoms. The number of fused-ring (bicyclic) bond motifs is 15. The van der Waals surface area contributed by atoms with Gasteiger partial charge in [0.15, 0.2) is 22.9 Å². The molecule has 3 aromatic heterocycles. The predicted molar refractivity (Wildman–Crippen MR) is 291 cm³/mol. The number of imidazole rings is 1. The van der Waals surface area contributed by atoms with E-state index in [1.165, 1.54) is 109 Å². The number of aromatic nitrogens is 3. The zero-order chi connectivity index (χ0) is 46.6. The fraction of sp³-hybridized carbons (Fsp3) is 0.206. The molecule has 0 amide bonds. The highest BCUT2D eigenvalue weighted by molar-refractivity contribution is 7.26. The molecule has 0 saturated heterocycles. The number of pyridine rings is 1. The van der Waals surface area contributed by atoms with Gasteiger partial charge in [0.1, 0.15) is 5.69 Å². The van der Waals surface area contributed by atoms with Gasteiger partial charge in [0.05, 0.1) is 24.3 Å². The van der Waals surface area contributed by atoms with Gasteiger partial charge in [0.25, 0.3) is 0 Å². The first-order valence-corrected chi connectivity index (χ1v) is 28.9. The summed E-state index contributed by atoms with van der Waals surface area (Å²) < 4.78 is 10.6. The highest BCUT2D eigenvalue weighted by Crippen LogP contribution is 2.50. The van der Waals surface area contributed by atoms with Crippen LogP contribution in [0.5, 0.6) is 0 Å². The van der Waals surface area contributed by atoms with Gasteiger partial charge in [-0.2, -0.15) is 13.7 Å². The van der Waals surface area contributed by atoms with Gasteiger partial charge in [-0.1, -0.05) is 181 Å². The highest BCUT2D eigenvalue weighted by Gasteiger charge is 2.48. The van der Waals surface area contributed by atoms with Crippen LogP contribution in [0, 0.1) is 0 Å². The minimum Gasteiger partial charge on any atom is -0.187 e. The van der Waals surface area contributed by atoms with Gasteiger partial charge in [0.2, 0.25) is 11.7 Å². The number of hydrogen-bond donors (Lipinski definition) is 0. The highest BCUT2D eigenvalue weighted by atomic mass is 32.1. The van der Waals surface area contributed by atoms with Gasteiger partial charge >= 0.3 is 5.82 Å². The van der Waals surface area contributed by atoms with Crippen LogP contribution in [-0.4, -0.2) is 12.6 Å². The molecule has 334 valence electrons. The van der Waals surface area contributed by atoms with E-state index in [-0.39, 0.29) is 12.0 Å². The summed E-state index contributed by atoms with van der Waals surface area (Å²) in [6.07, 6.45) is 4.46. The topological polar surface area (TPSA) is 12.7 Å². The van der Waals surface area contributed by atoms with Gasteiger partial charge in [-0.3, -0.25) is 0 Å². The zero-order valence-electron chi connectivity index (χ0n) is 40.3. The lowest BCUT2D eigenvalue weighted by Crippen LogP contribution is -2.56. The van der Waals surface area contributed by atoms with Crippen molar-refractivity contribution in [1.29, 1.82) is 0 Å². The molecule has 0 fully saturated rings. The number of benzene rings is 7. The van der Waals surface area contributed by atoms with Gasteiger partial charge in [-0.25, -0.2) is 0 Å². The van der Waals surface area contributed by atoms with Crippen molar-refractivity contribution in [3.05, 3.63) is 199 Å². The normalized spacial score (nSPS) is 15.8. The van der Waals surface area contributed by atoms with E-state index >= 15 is 0 Å². The standard InChI is InChI=1S/C63H59N3SSi/c1-39(2)48-21-16-22-49(40(3)4)61(48)66-57-24-15-14-23-56(57)65-41(5)60-53(50-19-12-13-20-51(50)55-36-32-47(38-64(55)60)68(6,7)8)34-29-45-30-35-54-52-33-31-46(37-58(52)67-62(54)59(45)63(65)66)44-27-25-43(26-28-44)42-17-10-9-11-18-42/h9-28,30-33,35-40,53,60H,5,29,34H2,1-4,6-8H3/q+2. The zero-order valence-corrected chi connectivity index (χ0v) is 42.2. The van der Waals surface area contributed by atoms with E-state index in [1.54, 1.807) is 0 Å². The Kier molecular flexibility index (Phi) is 10.2. The second-order valence-electron chi connectivity index (χ2n) is 20.9. The molecule has 68 heavy (non-hydrogen) atoms. The summed E-state index contributed by atoms with van der Waals surface area (Å²) >= 11 is 1.96. The van der Waals surface area contributed by atoms with Crippen molar-refractivity contribution in [3.63, 3.8) is 0 Å². The van der Waals surface area contributed by atoms with E-state index in [0.29, 0.717) is 11.8 Å². The Hall–Kier alpha value is -6.66. The number of thiophene rings is 1. The van der Waals surface area contributed by atoms with E-state index in [2.05, 4.69) is 231 Å². The van der Waals surface area contributed by atoms with Crippen LogP contribution < -0.4 is 14.3 Å². The fourth-order valence-corrected chi connectivity index (χ4v) is 14.1. The second kappa shape index (κ2) is 16.3. The van der Waals surface area contributed by atoms with Crippen LogP contribution in [0.25, 0.3) is 87.5 Å². The Morgan fingerprint density at radius 2 is 1.29 bits per heavy atom. The molecular formula is C63H59N3SSi+2. The van der Waals surface area contributed by atoms with Crippen LogP contribution in [0.4, 0.5) is 0 Å². The Morgan fingerprint density at radius 3 is 2.03 bits per heavy atom. The molecule has 2 aliphatic heterocycles. The molecule has 12 rings (SSSR count). The molecule has 0 aliphatic carbocycles. The molecule has 0 N–H and O–H groups in total. The Morgan fingerprint density at radius 1 is 0.647 bits per heavy atom. The van der Waals surface area contributed by atoms with Gasteiger partial charge in [-0.05, 0) is 88.9 Å². The maximum atomic E-state index is 5.33.